The normalized spacial score (nSPS) is 10.7. The highest BCUT2D eigenvalue weighted by Gasteiger charge is 2.14. The Morgan fingerprint density at radius 1 is 1.20 bits per heavy atom. The second-order valence-electron chi connectivity index (χ2n) is 5.49. The largest absolute Gasteiger partial charge is 0.356 e. The van der Waals surface area contributed by atoms with Crippen molar-refractivity contribution < 1.29 is 18.1 Å². The molecule has 128 valence electrons. The molecule has 0 atom stereocenters. The van der Waals surface area contributed by atoms with Crippen molar-refractivity contribution >= 4 is 27.5 Å². The van der Waals surface area contributed by atoms with Gasteiger partial charge in [0, 0.05) is 22.3 Å². The smallest absolute Gasteiger partial charge is 0.230 e. The highest BCUT2D eigenvalue weighted by molar-refractivity contribution is 9.10. The molecule has 3 aromatic rings. The predicted molar refractivity (Wildman–Crippen MR) is 93.1 cm³/mol. The zero-order valence-corrected chi connectivity index (χ0v) is 14.7. The lowest BCUT2D eigenvalue weighted by Crippen LogP contribution is -2.15. The molecule has 2 aromatic carbocycles. The fourth-order valence-corrected chi connectivity index (χ4v) is 2.81. The molecule has 0 saturated carbocycles. The summed E-state index contributed by atoms with van der Waals surface area (Å²) in [6.07, 6.45) is -0.0260. The monoisotopic (exact) mass is 406 g/mol. The second-order valence-corrected chi connectivity index (χ2v) is 6.41. The van der Waals surface area contributed by atoms with Crippen LogP contribution in [0.25, 0.3) is 11.3 Å². The van der Waals surface area contributed by atoms with Gasteiger partial charge in [-0.15, -0.1) is 0 Å². The average Bonchev–Trinajstić information content (AvgIpc) is 2.98. The molecule has 1 amide bonds. The molecular weight excluding hydrogens is 394 g/mol. The van der Waals surface area contributed by atoms with Crippen LogP contribution in [-0.2, 0) is 11.2 Å². The van der Waals surface area contributed by atoms with Crippen molar-refractivity contribution in [2.45, 2.75) is 13.3 Å². The number of aryl methyl sites for hydroxylation is 1. The predicted octanol–water partition coefficient (Wildman–Crippen LogP) is 4.87. The molecule has 1 heterocycles. The summed E-state index contributed by atoms with van der Waals surface area (Å²) in [5.74, 6) is -1.56. The molecule has 0 aliphatic carbocycles. The standard InChI is InChI=1S/C18H13BrF2N2O2/c1-10-6-11(19)2-5-16(10)22-18(24)9-13-8-17(25-23-13)14-4-3-12(20)7-15(14)21/h2-8H,9H2,1H3,(H,22,24). The van der Waals surface area contributed by atoms with Gasteiger partial charge in [0.1, 0.15) is 11.6 Å². The lowest BCUT2D eigenvalue weighted by atomic mass is 10.1. The molecule has 0 bridgehead atoms. The summed E-state index contributed by atoms with van der Waals surface area (Å²) in [5.41, 5.74) is 2.05. The third kappa shape index (κ3) is 4.11. The Kier molecular flexibility index (Phi) is 4.94. The van der Waals surface area contributed by atoms with Crippen molar-refractivity contribution in [3.63, 3.8) is 0 Å². The summed E-state index contributed by atoms with van der Waals surface area (Å²) in [5, 5.41) is 6.56. The van der Waals surface area contributed by atoms with Crippen LogP contribution in [0.3, 0.4) is 0 Å². The van der Waals surface area contributed by atoms with Gasteiger partial charge in [0.25, 0.3) is 0 Å². The van der Waals surface area contributed by atoms with E-state index in [0.717, 1.165) is 22.2 Å². The SMILES string of the molecule is Cc1cc(Br)ccc1NC(=O)Cc1cc(-c2ccc(F)cc2F)on1. The molecular formula is C18H13BrF2N2O2. The molecule has 0 unspecified atom stereocenters. The first-order valence-corrected chi connectivity index (χ1v) is 8.18. The van der Waals surface area contributed by atoms with Crippen LogP contribution in [-0.4, -0.2) is 11.1 Å². The van der Waals surface area contributed by atoms with Gasteiger partial charge in [0.15, 0.2) is 5.76 Å². The number of aromatic nitrogens is 1. The minimum Gasteiger partial charge on any atom is -0.356 e. The average molecular weight is 407 g/mol. The molecule has 7 heteroatoms. The number of anilines is 1. The molecule has 1 N–H and O–H groups in total. The molecule has 25 heavy (non-hydrogen) atoms. The summed E-state index contributed by atoms with van der Waals surface area (Å²) >= 11 is 3.36. The minimum absolute atomic E-state index is 0.0260. The summed E-state index contributed by atoms with van der Waals surface area (Å²) in [6.45, 7) is 1.88. The van der Waals surface area contributed by atoms with E-state index in [-0.39, 0.29) is 23.7 Å². The van der Waals surface area contributed by atoms with Gasteiger partial charge in [-0.3, -0.25) is 4.79 Å². The zero-order valence-electron chi connectivity index (χ0n) is 13.1. The number of carbonyl (C=O) groups excluding carboxylic acids is 1. The van der Waals surface area contributed by atoms with Crippen LogP contribution in [0.2, 0.25) is 0 Å². The molecule has 0 aliphatic rings. The maximum atomic E-state index is 13.8. The summed E-state index contributed by atoms with van der Waals surface area (Å²) in [6, 6.07) is 10.1. The first-order chi connectivity index (χ1) is 11.9. The third-order valence-electron chi connectivity index (χ3n) is 3.56. The molecule has 4 nitrogen and oxygen atoms in total. The van der Waals surface area contributed by atoms with Crippen LogP contribution >= 0.6 is 15.9 Å². The Labute approximate surface area is 151 Å². The number of hydrogen-bond donors (Lipinski definition) is 1. The van der Waals surface area contributed by atoms with Crippen molar-refractivity contribution in [3.05, 3.63) is 69.8 Å². The number of benzene rings is 2. The van der Waals surface area contributed by atoms with Crippen molar-refractivity contribution in [1.82, 2.24) is 5.16 Å². The van der Waals surface area contributed by atoms with E-state index >= 15 is 0 Å². The molecule has 0 spiro atoms. The van der Waals surface area contributed by atoms with Crippen LogP contribution in [0.15, 0.2) is 51.5 Å². The van der Waals surface area contributed by atoms with E-state index in [2.05, 4.69) is 26.4 Å². The molecule has 3 rings (SSSR count). The van der Waals surface area contributed by atoms with Gasteiger partial charge in [-0.2, -0.15) is 0 Å². The van der Waals surface area contributed by atoms with Crippen molar-refractivity contribution in [3.8, 4) is 11.3 Å². The Bertz CT molecular complexity index is 941. The number of nitrogens with zero attached hydrogens (tertiary/aromatic N) is 1. The fourth-order valence-electron chi connectivity index (χ4n) is 2.34. The van der Waals surface area contributed by atoms with E-state index in [4.69, 9.17) is 4.52 Å². The number of amides is 1. The first kappa shape index (κ1) is 17.3. The molecule has 0 fully saturated rings. The van der Waals surface area contributed by atoms with Gasteiger partial charge in [0.2, 0.25) is 5.91 Å². The van der Waals surface area contributed by atoms with E-state index in [9.17, 15) is 13.6 Å². The van der Waals surface area contributed by atoms with E-state index in [0.29, 0.717) is 11.4 Å². The lowest BCUT2D eigenvalue weighted by Gasteiger charge is -2.07. The van der Waals surface area contributed by atoms with Crippen LogP contribution in [0.5, 0.6) is 0 Å². The highest BCUT2D eigenvalue weighted by atomic mass is 79.9. The Balaban J connectivity index is 1.71. The van der Waals surface area contributed by atoms with Crippen LogP contribution in [0, 0.1) is 18.6 Å². The highest BCUT2D eigenvalue weighted by Crippen LogP contribution is 2.25. The maximum Gasteiger partial charge on any atom is 0.230 e. The zero-order chi connectivity index (χ0) is 18.0. The lowest BCUT2D eigenvalue weighted by molar-refractivity contribution is -0.115. The third-order valence-corrected chi connectivity index (χ3v) is 4.05. The van der Waals surface area contributed by atoms with Gasteiger partial charge in [-0.05, 0) is 42.8 Å². The van der Waals surface area contributed by atoms with E-state index < -0.39 is 11.6 Å². The second kappa shape index (κ2) is 7.14. The Hall–Kier alpha value is -2.54. The summed E-state index contributed by atoms with van der Waals surface area (Å²) in [7, 11) is 0. The molecule has 0 saturated heterocycles. The van der Waals surface area contributed by atoms with Crippen molar-refractivity contribution in [2.75, 3.05) is 5.32 Å². The number of nitrogens with one attached hydrogen (secondary N) is 1. The van der Waals surface area contributed by atoms with Crippen LogP contribution in [0.1, 0.15) is 11.3 Å². The number of rotatable bonds is 4. The Morgan fingerprint density at radius 3 is 2.72 bits per heavy atom. The number of hydrogen-bond acceptors (Lipinski definition) is 3. The molecule has 1 aromatic heterocycles. The summed E-state index contributed by atoms with van der Waals surface area (Å²) < 4.78 is 32.7. The number of halogens is 3. The van der Waals surface area contributed by atoms with Gasteiger partial charge in [0.05, 0.1) is 17.7 Å². The van der Waals surface area contributed by atoms with Crippen LogP contribution < -0.4 is 5.32 Å². The number of carbonyl (C=O) groups is 1. The molecule has 0 radical (unpaired) electrons. The van der Waals surface area contributed by atoms with Gasteiger partial charge in [-0.1, -0.05) is 21.1 Å². The maximum absolute atomic E-state index is 13.8. The van der Waals surface area contributed by atoms with Gasteiger partial charge >= 0.3 is 0 Å². The summed E-state index contributed by atoms with van der Waals surface area (Å²) in [4.78, 5) is 12.1. The van der Waals surface area contributed by atoms with E-state index in [1.54, 1.807) is 6.07 Å². The first-order valence-electron chi connectivity index (χ1n) is 7.39. The quantitative estimate of drug-likeness (QED) is 0.672. The van der Waals surface area contributed by atoms with Crippen molar-refractivity contribution in [1.29, 1.82) is 0 Å². The Morgan fingerprint density at radius 2 is 2.00 bits per heavy atom. The minimum atomic E-state index is -0.752. The van der Waals surface area contributed by atoms with Gasteiger partial charge in [-0.25, -0.2) is 8.78 Å². The van der Waals surface area contributed by atoms with Crippen LogP contribution in [0.4, 0.5) is 14.5 Å². The fraction of sp³-hybridized carbons (Fsp3) is 0.111. The van der Waals surface area contributed by atoms with Gasteiger partial charge < -0.3 is 9.84 Å². The van der Waals surface area contributed by atoms with E-state index in [1.165, 1.54) is 12.1 Å². The van der Waals surface area contributed by atoms with Crippen molar-refractivity contribution in [2.24, 2.45) is 0 Å². The topological polar surface area (TPSA) is 55.1 Å². The van der Waals surface area contributed by atoms with E-state index in [1.807, 2.05) is 19.1 Å². The molecule has 0 aliphatic heterocycles.